The lowest BCUT2D eigenvalue weighted by Crippen LogP contribution is -1.86. The lowest BCUT2D eigenvalue weighted by atomic mass is 10.2. The van der Waals surface area contributed by atoms with E-state index in [2.05, 4.69) is 41.4 Å². The first-order valence-corrected chi connectivity index (χ1v) is 7.41. The molecule has 0 aliphatic heterocycles. The minimum Gasteiger partial charge on any atom is -0.229 e. The molecule has 0 aliphatic rings. The van der Waals surface area contributed by atoms with E-state index in [1.54, 1.807) is 11.8 Å². The molecule has 3 heteroatoms. The third-order valence-electron chi connectivity index (χ3n) is 2.89. The number of hydrogen-bond donors (Lipinski definition) is 0. The molecule has 0 saturated heterocycles. The van der Waals surface area contributed by atoms with Gasteiger partial charge in [0.25, 0.3) is 0 Å². The van der Waals surface area contributed by atoms with Crippen molar-refractivity contribution in [2.45, 2.75) is 10.8 Å². The molecule has 0 amide bonds. The highest BCUT2D eigenvalue weighted by molar-refractivity contribution is 7.98. The predicted octanol–water partition coefficient (Wildman–Crippen LogP) is 5.18. The molecule has 0 saturated carbocycles. The normalized spacial score (nSPS) is 10.8. The van der Waals surface area contributed by atoms with E-state index in [1.165, 1.54) is 5.56 Å². The molecule has 0 spiro atoms. The van der Waals surface area contributed by atoms with Gasteiger partial charge in [0.15, 0.2) is 0 Å². The van der Waals surface area contributed by atoms with Crippen LogP contribution in [0.2, 0.25) is 5.15 Å². The summed E-state index contributed by atoms with van der Waals surface area (Å²) in [5.74, 6) is 0.901. The van der Waals surface area contributed by atoms with Crippen LogP contribution in [0.1, 0.15) is 5.56 Å². The van der Waals surface area contributed by atoms with Crippen molar-refractivity contribution in [3.63, 3.8) is 0 Å². The smallest absolute Gasteiger partial charge is 0.131 e. The molecule has 1 heterocycles. The number of benzene rings is 2. The molecule has 0 unspecified atom stereocenters. The number of rotatable bonds is 3. The number of fused-ring (bicyclic) bond motifs is 1. The van der Waals surface area contributed by atoms with E-state index in [4.69, 9.17) is 11.6 Å². The second kappa shape index (κ2) is 5.64. The maximum Gasteiger partial charge on any atom is 0.131 e. The van der Waals surface area contributed by atoms with E-state index in [0.717, 1.165) is 21.6 Å². The van der Waals surface area contributed by atoms with Gasteiger partial charge in [0.2, 0.25) is 0 Å². The Morgan fingerprint density at radius 1 is 0.947 bits per heavy atom. The minimum absolute atomic E-state index is 0.550. The Bertz CT molecular complexity index is 697. The van der Waals surface area contributed by atoms with Crippen LogP contribution >= 0.6 is 23.4 Å². The zero-order valence-electron chi connectivity index (χ0n) is 10.2. The molecule has 1 nitrogen and oxygen atoms in total. The van der Waals surface area contributed by atoms with Crippen molar-refractivity contribution in [1.82, 2.24) is 4.98 Å². The summed E-state index contributed by atoms with van der Waals surface area (Å²) in [4.78, 5) is 4.44. The zero-order chi connectivity index (χ0) is 13.1. The molecule has 1 aromatic heterocycles. The molecule has 0 atom stereocenters. The van der Waals surface area contributed by atoms with E-state index < -0.39 is 0 Å². The number of aromatic nitrogens is 1. The van der Waals surface area contributed by atoms with Crippen molar-refractivity contribution in [2.75, 3.05) is 0 Å². The van der Waals surface area contributed by atoms with Gasteiger partial charge in [0.05, 0.1) is 0 Å². The number of thioether (sulfide) groups is 1. The minimum atomic E-state index is 0.550. The van der Waals surface area contributed by atoms with Gasteiger partial charge >= 0.3 is 0 Å². The van der Waals surface area contributed by atoms with E-state index in [1.807, 2.05) is 24.3 Å². The molecule has 19 heavy (non-hydrogen) atoms. The molecule has 0 N–H and O–H groups in total. The summed E-state index contributed by atoms with van der Waals surface area (Å²) in [6, 6.07) is 20.5. The fourth-order valence-electron chi connectivity index (χ4n) is 1.97. The SMILES string of the molecule is Clc1cc2ccccc2c(SCc2ccccc2)n1. The quantitative estimate of drug-likeness (QED) is 0.486. The Morgan fingerprint density at radius 2 is 1.68 bits per heavy atom. The Kier molecular flexibility index (Phi) is 3.72. The van der Waals surface area contributed by atoms with Gasteiger partial charge in [-0.05, 0) is 17.0 Å². The lowest BCUT2D eigenvalue weighted by Gasteiger charge is -2.06. The van der Waals surface area contributed by atoms with Crippen LogP contribution in [0.15, 0.2) is 65.7 Å². The van der Waals surface area contributed by atoms with Crippen LogP contribution in [0.5, 0.6) is 0 Å². The highest BCUT2D eigenvalue weighted by Gasteiger charge is 2.05. The highest BCUT2D eigenvalue weighted by Crippen LogP contribution is 2.30. The van der Waals surface area contributed by atoms with E-state index in [9.17, 15) is 0 Å². The average molecular weight is 286 g/mol. The Labute approximate surface area is 121 Å². The fourth-order valence-corrected chi connectivity index (χ4v) is 3.22. The second-order valence-corrected chi connectivity index (χ2v) is 5.60. The maximum absolute atomic E-state index is 6.08. The summed E-state index contributed by atoms with van der Waals surface area (Å²) in [5, 5.41) is 3.84. The molecule has 0 aliphatic carbocycles. The van der Waals surface area contributed by atoms with Crippen molar-refractivity contribution >= 4 is 34.1 Å². The monoisotopic (exact) mass is 285 g/mol. The van der Waals surface area contributed by atoms with Gasteiger partial charge in [-0.3, -0.25) is 0 Å². The first-order chi connectivity index (χ1) is 9.33. The van der Waals surface area contributed by atoms with Crippen molar-refractivity contribution in [3.05, 3.63) is 71.4 Å². The Hall–Kier alpha value is -1.51. The average Bonchev–Trinajstić information content (AvgIpc) is 2.45. The molecule has 3 aromatic rings. The first-order valence-electron chi connectivity index (χ1n) is 6.05. The lowest BCUT2D eigenvalue weighted by molar-refractivity contribution is 1.17. The van der Waals surface area contributed by atoms with E-state index in [0.29, 0.717) is 5.15 Å². The summed E-state index contributed by atoms with van der Waals surface area (Å²) in [6.45, 7) is 0. The van der Waals surface area contributed by atoms with Gasteiger partial charge in [-0.15, -0.1) is 11.8 Å². The Balaban J connectivity index is 1.92. The second-order valence-electron chi connectivity index (χ2n) is 4.25. The van der Waals surface area contributed by atoms with E-state index >= 15 is 0 Å². The summed E-state index contributed by atoms with van der Waals surface area (Å²) in [7, 11) is 0. The number of halogens is 1. The summed E-state index contributed by atoms with van der Waals surface area (Å²) in [5.41, 5.74) is 1.29. The van der Waals surface area contributed by atoms with Gasteiger partial charge in [0, 0.05) is 11.1 Å². The number of hydrogen-bond acceptors (Lipinski definition) is 2. The highest BCUT2D eigenvalue weighted by atomic mass is 35.5. The molecular weight excluding hydrogens is 274 g/mol. The molecule has 94 valence electrons. The molecule has 2 aromatic carbocycles. The molecule has 0 radical (unpaired) electrons. The van der Waals surface area contributed by atoms with Crippen LogP contribution in [0, 0.1) is 0 Å². The van der Waals surface area contributed by atoms with Gasteiger partial charge in [-0.2, -0.15) is 0 Å². The number of pyridine rings is 1. The van der Waals surface area contributed by atoms with Gasteiger partial charge < -0.3 is 0 Å². The van der Waals surface area contributed by atoms with Gasteiger partial charge in [-0.25, -0.2) is 4.98 Å². The van der Waals surface area contributed by atoms with Crippen LogP contribution in [0.3, 0.4) is 0 Å². The Morgan fingerprint density at radius 3 is 2.53 bits per heavy atom. The van der Waals surface area contributed by atoms with Crippen molar-refractivity contribution in [1.29, 1.82) is 0 Å². The summed E-state index contributed by atoms with van der Waals surface area (Å²) >= 11 is 7.80. The van der Waals surface area contributed by atoms with Crippen LogP contribution in [-0.4, -0.2) is 4.98 Å². The topological polar surface area (TPSA) is 12.9 Å². The maximum atomic E-state index is 6.08. The van der Waals surface area contributed by atoms with E-state index in [-0.39, 0.29) is 0 Å². The van der Waals surface area contributed by atoms with Crippen LogP contribution < -0.4 is 0 Å². The van der Waals surface area contributed by atoms with Crippen LogP contribution in [0.4, 0.5) is 0 Å². The standard InChI is InChI=1S/C16H12ClNS/c17-15-10-13-8-4-5-9-14(13)16(18-15)19-11-12-6-2-1-3-7-12/h1-10H,11H2. The third-order valence-corrected chi connectivity index (χ3v) is 4.15. The molecule has 3 rings (SSSR count). The zero-order valence-corrected chi connectivity index (χ0v) is 11.8. The van der Waals surface area contributed by atoms with Gasteiger partial charge in [0.1, 0.15) is 10.2 Å². The fraction of sp³-hybridized carbons (Fsp3) is 0.0625. The largest absolute Gasteiger partial charge is 0.229 e. The molecular formula is C16H12ClNS. The summed E-state index contributed by atoms with van der Waals surface area (Å²) in [6.07, 6.45) is 0. The molecule has 0 bridgehead atoms. The molecule has 0 fully saturated rings. The van der Waals surface area contributed by atoms with Crippen molar-refractivity contribution in [3.8, 4) is 0 Å². The predicted molar refractivity (Wildman–Crippen MR) is 82.8 cm³/mol. The summed E-state index contributed by atoms with van der Waals surface area (Å²) < 4.78 is 0. The number of nitrogens with zero attached hydrogens (tertiary/aromatic N) is 1. The van der Waals surface area contributed by atoms with Crippen molar-refractivity contribution < 1.29 is 0 Å². The first kappa shape index (κ1) is 12.5. The third kappa shape index (κ3) is 2.91. The van der Waals surface area contributed by atoms with Crippen molar-refractivity contribution in [2.24, 2.45) is 0 Å². The van der Waals surface area contributed by atoms with Gasteiger partial charge in [-0.1, -0.05) is 66.2 Å². The van der Waals surface area contributed by atoms with Crippen LogP contribution in [0.25, 0.3) is 10.8 Å². The van der Waals surface area contributed by atoms with Crippen LogP contribution in [-0.2, 0) is 5.75 Å².